The maximum Gasteiger partial charge on any atom is 0.267 e. The van der Waals surface area contributed by atoms with Crippen LogP contribution in [0.3, 0.4) is 0 Å². The maximum atomic E-state index is 14.2. The van der Waals surface area contributed by atoms with Crippen molar-refractivity contribution in [1.82, 2.24) is 4.98 Å². The zero-order chi connectivity index (χ0) is 24.0. The second-order valence-corrected chi connectivity index (χ2v) is 11.7. The van der Waals surface area contributed by atoms with Gasteiger partial charge in [0.15, 0.2) is 9.84 Å². The summed E-state index contributed by atoms with van der Waals surface area (Å²) < 4.78 is 59.6. The third-order valence-electron chi connectivity index (χ3n) is 6.29. The van der Waals surface area contributed by atoms with E-state index in [1.165, 1.54) is 6.07 Å². The first-order chi connectivity index (χ1) is 15.5. The Hall–Kier alpha value is -1.97. The minimum Gasteiger partial charge on any atom is -0.493 e. The van der Waals surface area contributed by atoms with Crippen LogP contribution in [0.15, 0.2) is 45.8 Å². The van der Waals surface area contributed by atoms with Crippen molar-refractivity contribution in [2.75, 3.05) is 12.9 Å². The highest BCUT2D eigenvalue weighted by molar-refractivity contribution is 9.10. The number of aliphatic hydroxyl groups is 1. The molecular formula is C24H26BrF2NO4S. The molecule has 0 saturated heterocycles. The Balaban J connectivity index is 1.69. The minimum absolute atomic E-state index is 0.141. The van der Waals surface area contributed by atoms with Crippen molar-refractivity contribution in [3.63, 3.8) is 0 Å². The molecule has 0 spiro atoms. The van der Waals surface area contributed by atoms with Gasteiger partial charge in [0.2, 0.25) is 0 Å². The van der Waals surface area contributed by atoms with Crippen molar-refractivity contribution in [3.05, 3.63) is 57.7 Å². The Bertz CT molecular complexity index is 1290. The number of sulfone groups is 1. The zero-order valence-electron chi connectivity index (χ0n) is 18.4. The summed E-state index contributed by atoms with van der Waals surface area (Å²) in [7, 11) is -3.49. The minimum atomic E-state index is -3.49. The zero-order valence-corrected chi connectivity index (χ0v) is 20.8. The number of hydrogen-bond donors (Lipinski definition) is 2. The van der Waals surface area contributed by atoms with E-state index in [4.69, 9.17) is 4.74 Å². The molecule has 0 radical (unpaired) electrons. The summed E-state index contributed by atoms with van der Waals surface area (Å²) in [6, 6.07) is 10.4. The fourth-order valence-corrected chi connectivity index (χ4v) is 5.63. The molecule has 178 valence electrons. The van der Waals surface area contributed by atoms with E-state index >= 15 is 0 Å². The molecule has 0 bridgehead atoms. The van der Waals surface area contributed by atoms with Crippen LogP contribution < -0.4 is 4.74 Å². The highest BCUT2D eigenvalue weighted by Crippen LogP contribution is 2.43. The number of aromatic nitrogens is 1. The molecule has 0 amide bonds. The van der Waals surface area contributed by atoms with E-state index in [1.807, 2.05) is 25.1 Å². The van der Waals surface area contributed by atoms with Gasteiger partial charge in [-0.15, -0.1) is 0 Å². The lowest BCUT2D eigenvalue weighted by atomic mass is 9.81. The van der Waals surface area contributed by atoms with Crippen LogP contribution in [0, 0.1) is 0 Å². The first-order valence-corrected chi connectivity index (χ1v) is 13.5. The molecule has 1 aliphatic rings. The molecule has 4 rings (SSSR count). The van der Waals surface area contributed by atoms with Gasteiger partial charge in [-0.1, -0.05) is 22.9 Å². The smallest absolute Gasteiger partial charge is 0.267 e. The molecule has 2 aromatic carbocycles. The molecule has 2 unspecified atom stereocenters. The molecule has 0 aliphatic carbocycles. The van der Waals surface area contributed by atoms with Crippen LogP contribution in [-0.4, -0.2) is 43.4 Å². The number of aromatic amines is 1. The lowest BCUT2D eigenvalue weighted by molar-refractivity contribution is -0.105. The van der Waals surface area contributed by atoms with E-state index in [1.54, 1.807) is 12.1 Å². The van der Waals surface area contributed by atoms with Gasteiger partial charge in [-0.25, -0.2) is 17.2 Å². The van der Waals surface area contributed by atoms with Gasteiger partial charge in [-0.05, 0) is 66.3 Å². The van der Waals surface area contributed by atoms with Gasteiger partial charge in [0.05, 0.1) is 11.5 Å². The van der Waals surface area contributed by atoms with Crippen LogP contribution in [0.4, 0.5) is 8.78 Å². The lowest BCUT2D eigenvalue weighted by Gasteiger charge is -2.31. The van der Waals surface area contributed by atoms with Crippen LogP contribution in [0.5, 0.6) is 5.75 Å². The number of hydrogen-bond acceptors (Lipinski definition) is 4. The number of alkyl halides is 2. The van der Waals surface area contributed by atoms with Crippen molar-refractivity contribution >= 4 is 36.7 Å². The van der Waals surface area contributed by atoms with Gasteiger partial charge in [-0.3, -0.25) is 0 Å². The predicted molar refractivity (Wildman–Crippen MR) is 127 cm³/mol. The van der Waals surface area contributed by atoms with Crippen LogP contribution in [0.1, 0.15) is 42.5 Å². The van der Waals surface area contributed by atoms with Gasteiger partial charge in [0, 0.05) is 40.2 Å². The Morgan fingerprint density at radius 2 is 2.00 bits per heavy atom. The largest absolute Gasteiger partial charge is 0.493 e. The van der Waals surface area contributed by atoms with Crippen LogP contribution in [-0.2, 0) is 22.7 Å². The number of rotatable bonds is 8. The lowest BCUT2D eigenvalue weighted by Crippen LogP contribution is -2.41. The standard InChI is InChI=1S/C24H26BrF2NO4S/c1-3-14(20-11-19(33(2,30)31)10-15-6-7-32-22(15)20)12-24(29,23(26)27)13-18-9-16-8-17(25)4-5-21(16)28-18/h4-5,8-11,14,23,28-29H,3,6-7,12-13H2,1-2H3. The van der Waals surface area contributed by atoms with Crippen molar-refractivity contribution in [3.8, 4) is 5.75 Å². The highest BCUT2D eigenvalue weighted by Gasteiger charge is 2.41. The quantitative estimate of drug-likeness (QED) is 0.400. The molecule has 9 heteroatoms. The van der Waals surface area contributed by atoms with E-state index in [9.17, 15) is 22.3 Å². The first kappa shape index (κ1) is 24.2. The van der Waals surface area contributed by atoms with Gasteiger partial charge in [0.25, 0.3) is 6.43 Å². The van der Waals surface area contributed by atoms with Crippen molar-refractivity contribution in [2.45, 2.75) is 55.4 Å². The molecule has 1 aliphatic heterocycles. The van der Waals surface area contributed by atoms with Gasteiger partial charge in [0.1, 0.15) is 11.4 Å². The van der Waals surface area contributed by atoms with Gasteiger partial charge < -0.3 is 14.8 Å². The van der Waals surface area contributed by atoms with Crippen LogP contribution >= 0.6 is 15.9 Å². The van der Waals surface area contributed by atoms with Crippen LogP contribution in [0.2, 0.25) is 0 Å². The van der Waals surface area contributed by atoms with E-state index in [-0.39, 0.29) is 17.7 Å². The monoisotopic (exact) mass is 541 g/mol. The topological polar surface area (TPSA) is 79.4 Å². The normalized spacial score (nSPS) is 16.6. The van der Waals surface area contributed by atoms with E-state index in [0.717, 1.165) is 27.2 Å². The average Bonchev–Trinajstić information content (AvgIpc) is 3.36. The molecular weight excluding hydrogens is 516 g/mol. The Morgan fingerprint density at radius 3 is 2.67 bits per heavy atom. The van der Waals surface area contributed by atoms with E-state index in [2.05, 4.69) is 20.9 Å². The third-order valence-corrected chi connectivity index (χ3v) is 7.87. The second-order valence-electron chi connectivity index (χ2n) is 8.79. The third kappa shape index (κ3) is 4.95. The molecule has 33 heavy (non-hydrogen) atoms. The molecule has 5 nitrogen and oxygen atoms in total. The number of ether oxygens (including phenoxy) is 1. The van der Waals surface area contributed by atoms with Crippen molar-refractivity contribution in [2.24, 2.45) is 0 Å². The summed E-state index contributed by atoms with van der Waals surface area (Å²) in [6.07, 6.45) is -1.36. The fraction of sp³-hybridized carbons (Fsp3) is 0.417. The summed E-state index contributed by atoms with van der Waals surface area (Å²) >= 11 is 3.40. The predicted octanol–water partition coefficient (Wildman–Crippen LogP) is 5.39. The van der Waals surface area contributed by atoms with Crippen molar-refractivity contribution in [1.29, 1.82) is 0 Å². The number of nitrogens with one attached hydrogen (secondary N) is 1. The number of fused-ring (bicyclic) bond motifs is 2. The summed E-state index contributed by atoms with van der Waals surface area (Å²) in [5.41, 5.74) is 0.322. The van der Waals surface area contributed by atoms with E-state index < -0.39 is 27.8 Å². The van der Waals surface area contributed by atoms with Gasteiger partial charge >= 0.3 is 0 Å². The fourth-order valence-electron chi connectivity index (χ4n) is 4.55. The second kappa shape index (κ2) is 9.00. The summed E-state index contributed by atoms with van der Waals surface area (Å²) in [5.74, 6) is 0.0531. The average molecular weight is 542 g/mol. The number of halogens is 3. The molecule has 2 heterocycles. The Morgan fingerprint density at radius 1 is 1.24 bits per heavy atom. The van der Waals surface area contributed by atoms with Crippen LogP contribution in [0.25, 0.3) is 10.9 Å². The maximum absolute atomic E-state index is 14.2. The van der Waals surface area contributed by atoms with Crippen molar-refractivity contribution < 1.29 is 27.0 Å². The number of benzene rings is 2. The first-order valence-electron chi connectivity index (χ1n) is 10.8. The summed E-state index contributed by atoms with van der Waals surface area (Å²) in [5, 5.41) is 12.0. The molecule has 0 fully saturated rings. The summed E-state index contributed by atoms with van der Waals surface area (Å²) in [4.78, 5) is 3.26. The Labute approximate surface area is 200 Å². The van der Waals surface area contributed by atoms with E-state index in [0.29, 0.717) is 36.5 Å². The highest BCUT2D eigenvalue weighted by atomic mass is 79.9. The molecule has 0 saturated carbocycles. The molecule has 3 aromatic rings. The molecule has 2 N–H and O–H groups in total. The summed E-state index contributed by atoms with van der Waals surface area (Å²) in [6.45, 7) is 2.25. The molecule has 2 atom stereocenters. The Kier molecular flexibility index (Phi) is 6.59. The number of H-pyrrole nitrogens is 1. The SMILES string of the molecule is CCC(CC(O)(Cc1cc2cc(Br)ccc2[nH]1)C(F)F)c1cc(S(C)(=O)=O)cc2c1OCC2. The van der Waals surface area contributed by atoms with Gasteiger partial charge in [-0.2, -0.15) is 0 Å². The molecule has 1 aromatic heterocycles.